The third-order valence-electron chi connectivity index (χ3n) is 12.1. The van der Waals surface area contributed by atoms with Crippen molar-refractivity contribution >= 4 is 41.0 Å². The van der Waals surface area contributed by atoms with Crippen molar-refractivity contribution in [2.24, 2.45) is 5.73 Å². The number of imidazole rings is 1. The lowest BCUT2D eigenvalue weighted by Gasteiger charge is -2.25. The third kappa shape index (κ3) is 16.6. The van der Waals surface area contributed by atoms with Gasteiger partial charge >= 0.3 is 17.3 Å². The summed E-state index contributed by atoms with van der Waals surface area (Å²) in [5.74, 6) is -5.39. The number of carbonyl (C=O) groups excluding carboxylic acids is 4. The third-order valence-corrected chi connectivity index (χ3v) is 12.1. The Kier molecular flexibility index (Phi) is 20.9. The number of benzene rings is 4. The van der Waals surface area contributed by atoms with Crippen LogP contribution in [0.5, 0.6) is 5.75 Å². The normalized spacial score (nSPS) is 12.8. The molecule has 0 radical (unpaired) electrons. The van der Waals surface area contributed by atoms with Gasteiger partial charge in [0, 0.05) is 50.6 Å². The first-order chi connectivity index (χ1) is 34.5. The van der Waals surface area contributed by atoms with Gasteiger partial charge in [0.2, 0.25) is 23.6 Å². The van der Waals surface area contributed by atoms with Gasteiger partial charge in [-0.3, -0.25) is 39.4 Å². The zero-order chi connectivity index (χ0) is 52.2. The number of nitrogens with one attached hydrogen (secondary N) is 4. The summed E-state index contributed by atoms with van der Waals surface area (Å²) in [6.45, 7) is 4.28. The van der Waals surface area contributed by atoms with E-state index in [-0.39, 0.29) is 36.8 Å². The van der Waals surface area contributed by atoms with Gasteiger partial charge in [0.15, 0.2) is 0 Å². The molecule has 8 N–H and O–H groups in total. The van der Waals surface area contributed by atoms with Gasteiger partial charge in [0.1, 0.15) is 18.1 Å². The minimum Gasteiger partial charge on any atom is -0.497 e. The molecule has 382 valence electrons. The largest absolute Gasteiger partial charge is 0.497 e. The Morgan fingerprint density at radius 1 is 0.694 bits per heavy atom. The molecule has 5 aromatic rings. The second-order valence-corrected chi connectivity index (χ2v) is 17.8. The van der Waals surface area contributed by atoms with Crippen LogP contribution in [0.15, 0.2) is 110 Å². The fraction of sp³-hybridized carbons (Fsp3) is 0.385. The molecular weight excluding hydrogens is 927 g/mol. The molecule has 5 rings (SSSR count). The maximum Gasteiger partial charge on any atom is 0.326 e. The van der Waals surface area contributed by atoms with Crippen molar-refractivity contribution in [3.8, 4) is 5.75 Å². The first kappa shape index (κ1) is 54.9. The number of nitro benzene ring substituents is 2. The van der Waals surface area contributed by atoms with E-state index in [0.29, 0.717) is 37.1 Å². The van der Waals surface area contributed by atoms with Gasteiger partial charge in [-0.2, -0.15) is 0 Å². The molecule has 4 amide bonds. The molecule has 0 bridgehead atoms. The Labute approximate surface area is 417 Å². The fourth-order valence-corrected chi connectivity index (χ4v) is 8.18. The maximum absolute atomic E-state index is 14.4. The Bertz CT molecular complexity index is 2550. The molecule has 0 aliphatic heterocycles. The number of aromatic hydroxyl groups is 1. The van der Waals surface area contributed by atoms with E-state index in [1.165, 1.54) is 0 Å². The van der Waals surface area contributed by atoms with E-state index >= 15 is 0 Å². The number of aryl methyl sites for hydroxylation is 1. The average Bonchev–Trinajstić information content (AvgIpc) is 3.81. The number of aliphatic carboxylic acids is 1. The SMILES string of the molecule is CCCCCCCC(=O)NCCCC[C@H](NC(=O)[C@@H](N)Cc1cn(C(c2ccccc2)c2ccccc2)cn1)C(=O)N[C@H](Cc1ccc(C)cc1)C(=O)NC(Cc1cc([N+](=O)[O-])c(O)c([N+](=O)[O-])c1)C(=O)O. The molecular formula is C52H63N9O11. The Morgan fingerprint density at radius 3 is 1.83 bits per heavy atom. The minimum atomic E-state index is -1.82. The summed E-state index contributed by atoms with van der Waals surface area (Å²) in [5.41, 5.74) is 8.17. The molecule has 1 heterocycles. The van der Waals surface area contributed by atoms with E-state index in [4.69, 9.17) is 5.73 Å². The van der Waals surface area contributed by atoms with Crippen LogP contribution in [-0.2, 0) is 43.2 Å². The van der Waals surface area contributed by atoms with Crippen LogP contribution in [0.4, 0.5) is 11.4 Å². The number of hydrogen-bond donors (Lipinski definition) is 7. The molecule has 20 heteroatoms. The van der Waals surface area contributed by atoms with Crippen molar-refractivity contribution in [2.45, 2.75) is 121 Å². The summed E-state index contributed by atoms with van der Waals surface area (Å²) in [5, 5.41) is 54.2. The highest BCUT2D eigenvalue weighted by Gasteiger charge is 2.33. The summed E-state index contributed by atoms with van der Waals surface area (Å²) in [6.07, 6.45) is 8.85. The molecule has 0 saturated heterocycles. The molecule has 0 aliphatic rings. The van der Waals surface area contributed by atoms with Gasteiger partial charge in [-0.15, -0.1) is 0 Å². The molecule has 0 spiro atoms. The van der Waals surface area contributed by atoms with Crippen LogP contribution in [-0.4, -0.2) is 89.9 Å². The number of rotatable bonds is 29. The first-order valence-electron chi connectivity index (χ1n) is 24.0. The molecule has 0 saturated carbocycles. The lowest BCUT2D eigenvalue weighted by Crippen LogP contribution is -2.58. The van der Waals surface area contributed by atoms with E-state index in [1.54, 1.807) is 30.6 Å². The van der Waals surface area contributed by atoms with Crippen LogP contribution in [0.2, 0.25) is 0 Å². The summed E-state index contributed by atoms with van der Waals surface area (Å²) in [6, 6.07) is 22.2. The molecule has 1 unspecified atom stereocenters. The predicted octanol–water partition coefficient (Wildman–Crippen LogP) is 5.89. The van der Waals surface area contributed by atoms with Crippen molar-refractivity contribution in [3.63, 3.8) is 0 Å². The number of nitrogens with two attached hydrogens (primary N) is 1. The molecule has 4 atom stereocenters. The number of hydrogen-bond acceptors (Lipinski definition) is 12. The number of carboxylic acid groups (broad SMARTS) is 1. The van der Waals surface area contributed by atoms with Crippen molar-refractivity contribution in [2.75, 3.05) is 6.54 Å². The van der Waals surface area contributed by atoms with Crippen molar-refractivity contribution in [1.29, 1.82) is 0 Å². The van der Waals surface area contributed by atoms with Gasteiger partial charge in [-0.1, -0.05) is 123 Å². The van der Waals surface area contributed by atoms with Gasteiger partial charge < -0.3 is 41.8 Å². The van der Waals surface area contributed by atoms with Crippen LogP contribution in [0.3, 0.4) is 0 Å². The molecule has 20 nitrogen and oxygen atoms in total. The minimum absolute atomic E-state index is 0.00364. The highest BCUT2D eigenvalue weighted by molar-refractivity contribution is 5.94. The summed E-state index contributed by atoms with van der Waals surface area (Å²) in [4.78, 5) is 93.2. The molecule has 0 aliphatic carbocycles. The topological polar surface area (TPSA) is 304 Å². The van der Waals surface area contributed by atoms with Crippen LogP contribution in [0.25, 0.3) is 0 Å². The summed E-state index contributed by atoms with van der Waals surface area (Å²) in [7, 11) is 0. The highest BCUT2D eigenvalue weighted by Crippen LogP contribution is 2.37. The number of aromatic nitrogens is 2. The second kappa shape index (κ2) is 27.4. The summed E-state index contributed by atoms with van der Waals surface area (Å²) >= 11 is 0. The van der Waals surface area contributed by atoms with Gasteiger partial charge in [-0.25, -0.2) is 9.78 Å². The quantitative estimate of drug-likeness (QED) is 0.0167. The lowest BCUT2D eigenvalue weighted by atomic mass is 9.98. The van der Waals surface area contributed by atoms with Crippen molar-refractivity contribution < 1.29 is 44.0 Å². The molecule has 0 fully saturated rings. The van der Waals surface area contributed by atoms with E-state index in [9.17, 15) is 54.4 Å². The highest BCUT2D eigenvalue weighted by atomic mass is 16.6. The van der Waals surface area contributed by atoms with E-state index in [0.717, 1.165) is 60.9 Å². The number of carboxylic acids is 1. The van der Waals surface area contributed by atoms with E-state index in [1.807, 2.05) is 78.4 Å². The van der Waals surface area contributed by atoms with Crippen LogP contribution in [0.1, 0.15) is 104 Å². The van der Waals surface area contributed by atoms with Crippen LogP contribution < -0.4 is 27.0 Å². The van der Waals surface area contributed by atoms with Crippen LogP contribution >= 0.6 is 0 Å². The van der Waals surface area contributed by atoms with E-state index in [2.05, 4.69) is 33.2 Å². The second-order valence-electron chi connectivity index (χ2n) is 17.8. The zero-order valence-corrected chi connectivity index (χ0v) is 40.4. The lowest BCUT2D eigenvalue weighted by molar-refractivity contribution is -0.396. The Hall–Kier alpha value is -8.00. The number of unbranched alkanes of at least 4 members (excludes halogenated alkanes) is 5. The standard InChI is InChI=1S/C52H63N9O11/c1-3-4-5-6-13-21-46(62)54-26-15-14-20-41(56-49(64)40(53)31-39-32-59(33-55-39)47(37-16-9-7-10-17-37)38-18-11-8-12-19-38)50(65)57-42(27-35-24-22-34(2)23-25-35)51(66)58-43(52(67)68)28-36-29-44(60(69)70)48(63)45(30-36)61(71)72/h7-12,16-19,22-25,29-30,32-33,40-43,47,63H,3-6,13-15,20-21,26-28,31,53H2,1-2H3,(H,54,62)(H,56,64)(H,57,65)(H,58,66)(H,67,68)/t40-,41-,42+,43?/m0/s1. The van der Waals surface area contributed by atoms with E-state index < -0.39 is 81.2 Å². The van der Waals surface area contributed by atoms with Gasteiger partial charge in [0.25, 0.3) is 5.75 Å². The monoisotopic (exact) mass is 989 g/mol. The van der Waals surface area contributed by atoms with Crippen molar-refractivity contribution in [3.05, 3.63) is 163 Å². The average molecular weight is 990 g/mol. The zero-order valence-electron chi connectivity index (χ0n) is 40.4. The molecule has 72 heavy (non-hydrogen) atoms. The number of phenols is 1. The van der Waals surface area contributed by atoms with Crippen LogP contribution in [0, 0.1) is 27.2 Å². The maximum atomic E-state index is 14.4. The number of amides is 4. The number of nitro groups is 2. The van der Waals surface area contributed by atoms with Crippen molar-refractivity contribution in [1.82, 2.24) is 30.8 Å². The van der Waals surface area contributed by atoms with Gasteiger partial charge in [0.05, 0.1) is 34.0 Å². The fourth-order valence-electron chi connectivity index (χ4n) is 8.18. The number of carbonyl (C=O) groups is 5. The Morgan fingerprint density at radius 2 is 1.25 bits per heavy atom. The smallest absolute Gasteiger partial charge is 0.326 e. The number of nitrogens with zero attached hydrogens (tertiary/aromatic N) is 4. The number of phenolic OH excluding ortho intramolecular Hbond substituents is 1. The predicted molar refractivity (Wildman–Crippen MR) is 268 cm³/mol. The van der Waals surface area contributed by atoms with Gasteiger partial charge in [-0.05, 0) is 54.9 Å². The summed E-state index contributed by atoms with van der Waals surface area (Å²) < 4.78 is 1.93. The Balaban J connectivity index is 1.35. The first-order valence-corrected chi connectivity index (χ1v) is 24.0. The molecule has 4 aromatic carbocycles. The molecule has 1 aromatic heterocycles.